The van der Waals surface area contributed by atoms with E-state index >= 15 is 0 Å². The van der Waals surface area contributed by atoms with E-state index in [1.807, 2.05) is 12.1 Å². The molecule has 2 heteroatoms. The summed E-state index contributed by atoms with van der Waals surface area (Å²) in [5.41, 5.74) is 7.65. The van der Waals surface area contributed by atoms with Gasteiger partial charge in [0.05, 0.1) is 6.61 Å². The van der Waals surface area contributed by atoms with Crippen molar-refractivity contribution in [2.75, 3.05) is 6.61 Å². The minimum Gasteiger partial charge on any atom is -0.493 e. The molecule has 1 aliphatic rings. The van der Waals surface area contributed by atoms with E-state index in [0.717, 1.165) is 25.2 Å². The summed E-state index contributed by atoms with van der Waals surface area (Å²) in [5.74, 6) is 2.05. The van der Waals surface area contributed by atoms with Crippen LogP contribution in [-0.4, -0.2) is 12.6 Å². The van der Waals surface area contributed by atoms with Gasteiger partial charge in [0.25, 0.3) is 0 Å². The molecule has 0 fully saturated rings. The van der Waals surface area contributed by atoms with E-state index in [2.05, 4.69) is 26.0 Å². The highest BCUT2D eigenvalue weighted by atomic mass is 16.5. The summed E-state index contributed by atoms with van der Waals surface area (Å²) in [6, 6.07) is 8.54. The number of nitrogens with two attached hydrogens (primary N) is 1. The third kappa shape index (κ3) is 2.07. The van der Waals surface area contributed by atoms with Gasteiger partial charge in [-0.1, -0.05) is 38.5 Å². The third-order valence-corrected chi connectivity index (χ3v) is 3.77. The summed E-state index contributed by atoms with van der Waals surface area (Å²) in [6.07, 6.45) is 2.18. The van der Waals surface area contributed by atoms with E-state index in [0.29, 0.717) is 11.8 Å². The molecule has 1 heterocycles. The van der Waals surface area contributed by atoms with Gasteiger partial charge in [0.1, 0.15) is 5.75 Å². The topological polar surface area (TPSA) is 35.2 Å². The van der Waals surface area contributed by atoms with Gasteiger partial charge in [0.2, 0.25) is 0 Å². The fourth-order valence-corrected chi connectivity index (χ4v) is 2.44. The largest absolute Gasteiger partial charge is 0.493 e. The molecule has 0 amide bonds. The predicted octanol–water partition coefficient (Wildman–Crippen LogP) is 2.93. The van der Waals surface area contributed by atoms with Gasteiger partial charge >= 0.3 is 0 Å². The van der Waals surface area contributed by atoms with Crippen molar-refractivity contribution in [3.63, 3.8) is 0 Å². The average Bonchev–Trinajstić information content (AvgIpc) is 2.36. The summed E-state index contributed by atoms with van der Waals surface area (Å²) in [4.78, 5) is 0. The summed E-state index contributed by atoms with van der Waals surface area (Å²) in [6.45, 7) is 5.24. The first kappa shape index (κ1) is 11.5. The Morgan fingerprint density at radius 2 is 2.19 bits per heavy atom. The predicted molar refractivity (Wildman–Crippen MR) is 66.7 cm³/mol. The second-order valence-corrected chi connectivity index (χ2v) is 4.74. The molecule has 2 N–H and O–H groups in total. The lowest BCUT2D eigenvalue weighted by molar-refractivity contribution is 0.238. The van der Waals surface area contributed by atoms with Gasteiger partial charge in [0, 0.05) is 12.0 Å². The molecule has 0 saturated carbocycles. The zero-order chi connectivity index (χ0) is 11.5. The van der Waals surface area contributed by atoms with Crippen LogP contribution in [0.4, 0.5) is 0 Å². The van der Waals surface area contributed by atoms with Gasteiger partial charge in [-0.15, -0.1) is 0 Å². The Balaban J connectivity index is 2.24. The number of hydrogen-bond donors (Lipinski definition) is 1. The second kappa shape index (κ2) is 4.88. The smallest absolute Gasteiger partial charge is 0.122 e. The van der Waals surface area contributed by atoms with Crippen molar-refractivity contribution in [2.45, 2.75) is 38.6 Å². The lowest BCUT2D eigenvalue weighted by Gasteiger charge is -2.33. The molecule has 3 unspecified atom stereocenters. The van der Waals surface area contributed by atoms with Crippen molar-refractivity contribution in [1.82, 2.24) is 0 Å². The maximum Gasteiger partial charge on any atom is 0.122 e. The monoisotopic (exact) mass is 219 g/mol. The van der Waals surface area contributed by atoms with Crippen LogP contribution in [0.3, 0.4) is 0 Å². The summed E-state index contributed by atoms with van der Waals surface area (Å²) in [5, 5.41) is 0. The molecule has 0 spiro atoms. The number of fused-ring (bicyclic) bond motifs is 1. The van der Waals surface area contributed by atoms with Crippen LogP contribution in [0.1, 0.15) is 38.2 Å². The molecule has 0 aliphatic carbocycles. The Kier molecular flexibility index (Phi) is 3.49. The van der Waals surface area contributed by atoms with Gasteiger partial charge in [-0.25, -0.2) is 0 Å². The second-order valence-electron chi connectivity index (χ2n) is 4.74. The number of rotatable bonds is 3. The van der Waals surface area contributed by atoms with E-state index < -0.39 is 0 Å². The molecule has 1 aromatic rings. The Bertz CT molecular complexity index is 350. The molecule has 0 saturated heterocycles. The van der Waals surface area contributed by atoms with Gasteiger partial charge in [-0.3, -0.25) is 0 Å². The molecular formula is C14H21NO. The SMILES string of the molecule is CCC(C)C(N)C1CCOc2ccccc21. The molecule has 3 atom stereocenters. The van der Waals surface area contributed by atoms with Gasteiger partial charge in [-0.2, -0.15) is 0 Å². The standard InChI is InChI=1S/C14H21NO/c1-3-10(2)14(15)12-8-9-16-13-7-5-4-6-11(12)13/h4-7,10,12,14H,3,8-9,15H2,1-2H3. The third-order valence-electron chi connectivity index (χ3n) is 3.77. The number of para-hydroxylation sites is 1. The highest BCUT2D eigenvalue weighted by Gasteiger charge is 2.28. The van der Waals surface area contributed by atoms with E-state index in [-0.39, 0.29) is 6.04 Å². The first-order chi connectivity index (χ1) is 7.74. The Morgan fingerprint density at radius 3 is 2.94 bits per heavy atom. The van der Waals surface area contributed by atoms with Crippen molar-refractivity contribution in [3.8, 4) is 5.75 Å². The fourth-order valence-electron chi connectivity index (χ4n) is 2.44. The Hall–Kier alpha value is -1.02. The molecular weight excluding hydrogens is 198 g/mol. The highest BCUT2D eigenvalue weighted by molar-refractivity contribution is 5.38. The van der Waals surface area contributed by atoms with Gasteiger partial charge < -0.3 is 10.5 Å². The summed E-state index contributed by atoms with van der Waals surface area (Å²) < 4.78 is 5.66. The van der Waals surface area contributed by atoms with Crippen molar-refractivity contribution >= 4 is 0 Å². The molecule has 88 valence electrons. The number of hydrogen-bond acceptors (Lipinski definition) is 2. The lowest BCUT2D eigenvalue weighted by atomic mass is 9.80. The number of ether oxygens (including phenoxy) is 1. The summed E-state index contributed by atoms with van der Waals surface area (Å²) >= 11 is 0. The van der Waals surface area contributed by atoms with Crippen LogP contribution in [0.5, 0.6) is 5.75 Å². The minimum atomic E-state index is 0.245. The first-order valence-electron chi connectivity index (χ1n) is 6.21. The van der Waals surface area contributed by atoms with Crippen LogP contribution in [0, 0.1) is 5.92 Å². The normalized spacial score (nSPS) is 23.1. The van der Waals surface area contributed by atoms with E-state index in [4.69, 9.17) is 10.5 Å². The molecule has 16 heavy (non-hydrogen) atoms. The van der Waals surface area contributed by atoms with Crippen molar-refractivity contribution in [1.29, 1.82) is 0 Å². The first-order valence-corrected chi connectivity index (χ1v) is 6.21. The maximum absolute atomic E-state index is 6.36. The van der Waals surface area contributed by atoms with E-state index in [9.17, 15) is 0 Å². The quantitative estimate of drug-likeness (QED) is 0.848. The molecule has 1 aliphatic heterocycles. The van der Waals surface area contributed by atoms with Crippen LogP contribution in [0.2, 0.25) is 0 Å². The average molecular weight is 219 g/mol. The highest BCUT2D eigenvalue weighted by Crippen LogP contribution is 2.37. The Morgan fingerprint density at radius 1 is 1.44 bits per heavy atom. The molecule has 0 radical (unpaired) electrons. The minimum absolute atomic E-state index is 0.245. The van der Waals surface area contributed by atoms with Crippen LogP contribution < -0.4 is 10.5 Å². The van der Waals surface area contributed by atoms with Crippen molar-refractivity contribution in [3.05, 3.63) is 29.8 Å². The van der Waals surface area contributed by atoms with Crippen LogP contribution in [0.15, 0.2) is 24.3 Å². The zero-order valence-electron chi connectivity index (χ0n) is 10.1. The Labute approximate surface area is 97.8 Å². The van der Waals surface area contributed by atoms with Gasteiger partial charge in [0.15, 0.2) is 0 Å². The molecule has 0 bridgehead atoms. The van der Waals surface area contributed by atoms with Crippen LogP contribution in [-0.2, 0) is 0 Å². The van der Waals surface area contributed by atoms with Crippen molar-refractivity contribution in [2.24, 2.45) is 11.7 Å². The number of benzene rings is 1. The zero-order valence-corrected chi connectivity index (χ0v) is 10.1. The molecule has 2 rings (SSSR count). The fraction of sp³-hybridized carbons (Fsp3) is 0.571. The maximum atomic E-state index is 6.36. The summed E-state index contributed by atoms with van der Waals surface area (Å²) in [7, 11) is 0. The van der Waals surface area contributed by atoms with Crippen LogP contribution in [0.25, 0.3) is 0 Å². The van der Waals surface area contributed by atoms with E-state index in [1.165, 1.54) is 5.56 Å². The van der Waals surface area contributed by atoms with Gasteiger partial charge in [-0.05, 0) is 24.0 Å². The molecule has 0 aromatic heterocycles. The van der Waals surface area contributed by atoms with Crippen molar-refractivity contribution < 1.29 is 4.74 Å². The van der Waals surface area contributed by atoms with E-state index in [1.54, 1.807) is 0 Å². The molecule has 1 aromatic carbocycles. The van der Waals surface area contributed by atoms with Crippen LogP contribution >= 0.6 is 0 Å². The lowest BCUT2D eigenvalue weighted by Crippen LogP contribution is -2.37. The molecule has 2 nitrogen and oxygen atoms in total.